The molecule has 1 nitrogen and oxygen atoms in total. The van der Waals surface area contributed by atoms with Gasteiger partial charge in [-0.05, 0) is 35.8 Å². The van der Waals surface area contributed by atoms with Gasteiger partial charge in [-0.1, -0.05) is 59.7 Å². The molecular formula is C18H28O. The summed E-state index contributed by atoms with van der Waals surface area (Å²) in [4.78, 5) is 12.7. The monoisotopic (exact) mass is 260 g/mol. The molecule has 0 saturated carbocycles. The van der Waals surface area contributed by atoms with Crippen LogP contribution in [0.25, 0.3) is 0 Å². The largest absolute Gasteiger partial charge is 0.294 e. The molecule has 0 aliphatic rings. The van der Waals surface area contributed by atoms with Crippen LogP contribution < -0.4 is 0 Å². The van der Waals surface area contributed by atoms with Crippen LogP contribution in [0.1, 0.15) is 57.5 Å². The minimum atomic E-state index is 0.120. The van der Waals surface area contributed by atoms with Crippen molar-refractivity contribution in [2.75, 3.05) is 0 Å². The van der Waals surface area contributed by atoms with E-state index in [1.54, 1.807) is 0 Å². The van der Waals surface area contributed by atoms with Crippen LogP contribution in [0.5, 0.6) is 0 Å². The van der Waals surface area contributed by atoms with Crippen LogP contribution in [0, 0.1) is 23.7 Å². The SMILES string of the molecule is CC(C)Cc1cccc(C(=O)C(C(C)C)C(C)C)c1. The van der Waals surface area contributed by atoms with Crippen molar-refractivity contribution in [3.8, 4) is 0 Å². The summed E-state index contributed by atoms with van der Waals surface area (Å²) >= 11 is 0. The molecule has 0 atom stereocenters. The molecule has 0 spiro atoms. The first kappa shape index (κ1) is 15.9. The van der Waals surface area contributed by atoms with Gasteiger partial charge in [-0.15, -0.1) is 0 Å². The van der Waals surface area contributed by atoms with Crippen molar-refractivity contribution < 1.29 is 4.79 Å². The quantitative estimate of drug-likeness (QED) is 0.658. The standard InChI is InChI=1S/C18H28O/c1-12(2)10-15-8-7-9-16(11-15)18(19)17(13(3)4)14(5)6/h7-9,11-14,17H,10H2,1-6H3. The van der Waals surface area contributed by atoms with Crippen molar-refractivity contribution in [1.29, 1.82) is 0 Å². The smallest absolute Gasteiger partial charge is 0.166 e. The topological polar surface area (TPSA) is 17.1 Å². The molecule has 0 saturated heterocycles. The second kappa shape index (κ2) is 6.88. The molecule has 0 aliphatic heterocycles. The number of hydrogen-bond acceptors (Lipinski definition) is 1. The van der Waals surface area contributed by atoms with Gasteiger partial charge >= 0.3 is 0 Å². The van der Waals surface area contributed by atoms with E-state index in [-0.39, 0.29) is 5.92 Å². The Morgan fingerprint density at radius 2 is 1.58 bits per heavy atom. The summed E-state index contributed by atoms with van der Waals surface area (Å²) in [6, 6.07) is 8.18. The van der Waals surface area contributed by atoms with Crippen LogP contribution >= 0.6 is 0 Å². The van der Waals surface area contributed by atoms with E-state index in [1.165, 1.54) is 5.56 Å². The van der Waals surface area contributed by atoms with Crippen molar-refractivity contribution >= 4 is 5.78 Å². The van der Waals surface area contributed by atoms with Gasteiger partial charge in [0.05, 0.1) is 0 Å². The highest BCUT2D eigenvalue weighted by molar-refractivity contribution is 5.98. The molecule has 1 heteroatoms. The highest BCUT2D eigenvalue weighted by Gasteiger charge is 2.26. The number of rotatable bonds is 6. The van der Waals surface area contributed by atoms with Crippen LogP contribution in [0.15, 0.2) is 24.3 Å². The van der Waals surface area contributed by atoms with Gasteiger partial charge in [-0.25, -0.2) is 0 Å². The predicted molar refractivity (Wildman–Crippen MR) is 82.5 cm³/mol. The molecule has 1 aromatic carbocycles. The number of carbonyl (C=O) groups excluding carboxylic acids is 1. The Labute approximate surface area is 118 Å². The van der Waals surface area contributed by atoms with E-state index < -0.39 is 0 Å². The minimum Gasteiger partial charge on any atom is -0.294 e. The molecule has 0 radical (unpaired) electrons. The van der Waals surface area contributed by atoms with Crippen molar-refractivity contribution in [3.05, 3.63) is 35.4 Å². The van der Waals surface area contributed by atoms with Crippen molar-refractivity contribution in [1.82, 2.24) is 0 Å². The Morgan fingerprint density at radius 1 is 1.00 bits per heavy atom. The lowest BCUT2D eigenvalue weighted by atomic mass is 9.79. The van der Waals surface area contributed by atoms with Crippen molar-refractivity contribution in [2.24, 2.45) is 23.7 Å². The zero-order valence-corrected chi connectivity index (χ0v) is 13.2. The highest BCUT2D eigenvalue weighted by atomic mass is 16.1. The first-order valence-electron chi connectivity index (χ1n) is 7.46. The summed E-state index contributed by atoms with van der Waals surface area (Å²) in [5.74, 6) is 1.82. The summed E-state index contributed by atoms with van der Waals surface area (Å²) < 4.78 is 0. The zero-order valence-electron chi connectivity index (χ0n) is 13.2. The van der Waals surface area contributed by atoms with Crippen LogP contribution in [0.3, 0.4) is 0 Å². The number of benzene rings is 1. The Bertz CT molecular complexity index is 407. The molecule has 0 fully saturated rings. The molecule has 0 amide bonds. The molecule has 1 rings (SSSR count). The van der Waals surface area contributed by atoms with E-state index in [0.717, 1.165) is 12.0 Å². The minimum absolute atomic E-state index is 0.120. The maximum atomic E-state index is 12.7. The van der Waals surface area contributed by atoms with Crippen molar-refractivity contribution in [3.63, 3.8) is 0 Å². The Balaban J connectivity index is 2.98. The van der Waals surface area contributed by atoms with Crippen LogP contribution in [0.2, 0.25) is 0 Å². The molecule has 0 bridgehead atoms. The molecule has 0 N–H and O–H groups in total. The summed E-state index contributed by atoms with van der Waals surface area (Å²) in [7, 11) is 0. The normalized spacial score (nSPS) is 11.9. The van der Waals surface area contributed by atoms with E-state index in [9.17, 15) is 4.79 Å². The van der Waals surface area contributed by atoms with Gasteiger partial charge in [0.25, 0.3) is 0 Å². The fourth-order valence-electron chi connectivity index (χ4n) is 2.89. The summed E-state index contributed by atoms with van der Waals surface area (Å²) in [5, 5.41) is 0. The zero-order chi connectivity index (χ0) is 14.6. The van der Waals surface area contributed by atoms with Crippen LogP contribution in [0.4, 0.5) is 0 Å². The first-order chi connectivity index (χ1) is 8.82. The van der Waals surface area contributed by atoms with Gasteiger partial charge in [0.2, 0.25) is 0 Å². The molecule has 0 unspecified atom stereocenters. The Hall–Kier alpha value is -1.11. The highest BCUT2D eigenvalue weighted by Crippen LogP contribution is 2.25. The second-order valence-electron chi connectivity index (χ2n) is 6.68. The number of ketones is 1. The van der Waals surface area contributed by atoms with E-state index in [4.69, 9.17) is 0 Å². The lowest BCUT2D eigenvalue weighted by Crippen LogP contribution is -2.25. The number of Topliss-reactive ketones (excluding diaryl/α,β-unsaturated/α-hetero) is 1. The van der Waals surface area contributed by atoms with Gasteiger partial charge in [-0.3, -0.25) is 4.79 Å². The Morgan fingerprint density at radius 3 is 2.05 bits per heavy atom. The molecular weight excluding hydrogens is 232 g/mol. The average Bonchev–Trinajstić information content (AvgIpc) is 2.27. The third kappa shape index (κ3) is 4.49. The van der Waals surface area contributed by atoms with Gasteiger partial charge in [-0.2, -0.15) is 0 Å². The summed E-state index contributed by atoms with van der Waals surface area (Å²) in [6.07, 6.45) is 1.04. The molecule has 106 valence electrons. The van der Waals surface area contributed by atoms with Crippen LogP contribution in [-0.4, -0.2) is 5.78 Å². The Kier molecular flexibility index (Phi) is 5.78. The molecule has 0 heterocycles. The van der Waals surface area contributed by atoms with Gasteiger partial charge in [0.1, 0.15) is 0 Å². The first-order valence-corrected chi connectivity index (χ1v) is 7.46. The average molecular weight is 260 g/mol. The van der Waals surface area contributed by atoms with E-state index in [1.807, 2.05) is 12.1 Å². The lowest BCUT2D eigenvalue weighted by molar-refractivity contribution is 0.0839. The number of carbonyl (C=O) groups is 1. The predicted octanol–water partition coefficient (Wildman–Crippen LogP) is 5.00. The maximum absolute atomic E-state index is 12.7. The summed E-state index contributed by atoms with van der Waals surface area (Å²) in [6.45, 7) is 13.0. The number of hydrogen-bond donors (Lipinski definition) is 0. The van der Waals surface area contributed by atoms with Gasteiger partial charge in [0.15, 0.2) is 5.78 Å². The fourth-order valence-corrected chi connectivity index (χ4v) is 2.89. The lowest BCUT2D eigenvalue weighted by Gasteiger charge is -2.23. The molecule has 1 aromatic rings. The third-order valence-electron chi connectivity index (χ3n) is 3.59. The van der Waals surface area contributed by atoms with E-state index in [0.29, 0.717) is 23.5 Å². The molecule has 19 heavy (non-hydrogen) atoms. The second-order valence-corrected chi connectivity index (χ2v) is 6.68. The van der Waals surface area contributed by atoms with Crippen molar-refractivity contribution in [2.45, 2.75) is 48.0 Å². The van der Waals surface area contributed by atoms with E-state index in [2.05, 4.69) is 53.7 Å². The third-order valence-corrected chi connectivity index (χ3v) is 3.59. The molecule has 0 aromatic heterocycles. The van der Waals surface area contributed by atoms with Gasteiger partial charge in [0, 0.05) is 11.5 Å². The van der Waals surface area contributed by atoms with Crippen LogP contribution in [-0.2, 0) is 6.42 Å². The van der Waals surface area contributed by atoms with E-state index >= 15 is 0 Å². The van der Waals surface area contributed by atoms with Gasteiger partial charge < -0.3 is 0 Å². The molecule has 0 aliphatic carbocycles. The fraction of sp³-hybridized carbons (Fsp3) is 0.611. The maximum Gasteiger partial charge on any atom is 0.166 e. The summed E-state index contributed by atoms with van der Waals surface area (Å²) in [5.41, 5.74) is 2.15.